The number of nitrogens with two attached hydrogens (primary N) is 2. The number of ether oxygens (including phenoxy) is 2. The van der Waals surface area contributed by atoms with Crippen LogP contribution < -0.4 is 31.6 Å². The predicted molar refractivity (Wildman–Crippen MR) is 134 cm³/mol. The smallest absolute Gasteiger partial charge is 0.255 e. The Morgan fingerprint density at radius 3 is 2.51 bits per heavy atom. The third-order valence-corrected chi connectivity index (χ3v) is 7.17. The fraction of sp³-hybridized carbons (Fsp3) is 0.346. The molecular formula is C26H28N6O5. The third-order valence-electron chi connectivity index (χ3n) is 7.17. The highest BCUT2D eigenvalue weighted by Crippen LogP contribution is 2.59. The van der Waals surface area contributed by atoms with Gasteiger partial charge in [0.25, 0.3) is 5.91 Å². The van der Waals surface area contributed by atoms with Crippen LogP contribution in [0.3, 0.4) is 0 Å². The van der Waals surface area contributed by atoms with Crippen molar-refractivity contribution in [3.8, 4) is 17.4 Å². The monoisotopic (exact) mass is 504 g/mol. The number of carbonyl (C=O) groups is 3. The summed E-state index contributed by atoms with van der Waals surface area (Å²) in [6.45, 7) is 1.48. The first-order chi connectivity index (χ1) is 17.8. The van der Waals surface area contributed by atoms with Crippen LogP contribution in [0, 0.1) is 5.41 Å². The molecule has 0 bridgehead atoms. The van der Waals surface area contributed by atoms with E-state index >= 15 is 0 Å². The largest absolute Gasteiger partial charge is 0.496 e. The molecule has 3 aromatic rings. The molecule has 2 fully saturated rings. The second kappa shape index (κ2) is 9.66. The molecule has 1 aliphatic carbocycles. The van der Waals surface area contributed by atoms with Gasteiger partial charge in [0.1, 0.15) is 23.2 Å². The Hall–Kier alpha value is -4.25. The summed E-state index contributed by atoms with van der Waals surface area (Å²) >= 11 is 0. The van der Waals surface area contributed by atoms with Crippen LogP contribution in [0.5, 0.6) is 17.4 Å². The van der Waals surface area contributed by atoms with Crippen LogP contribution in [0.1, 0.15) is 41.1 Å². The van der Waals surface area contributed by atoms with E-state index in [0.29, 0.717) is 34.5 Å². The van der Waals surface area contributed by atoms with Crippen LogP contribution >= 0.6 is 0 Å². The molecule has 0 spiro atoms. The molecular weight excluding hydrogens is 476 g/mol. The van der Waals surface area contributed by atoms with Crippen molar-refractivity contribution in [2.75, 3.05) is 20.2 Å². The average Bonchev–Trinajstić information content (AvgIpc) is 3.46. The fourth-order valence-corrected chi connectivity index (χ4v) is 4.94. The number of carbonyl (C=O) groups excluding carboxylic acids is 3. The van der Waals surface area contributed by atoms with Crippen LogP contribution in [-0.2, 0) is 9.59 Å². The normalized spacial score (nSPS) is 19.8. The lowest BCUT2D eigenvalue weighted by Crippen LogP contribution is -2.38. The van der Waals surface area contributed by atoms with Crippen LogP contribution in [0.2, 0.25) is 0 Å². The van der Waals surface area contributed by atoms with Gasteiger partial charge in [-0.15, -0.1) is 0 Å². The minimum atomic E-state index is -1.34. The van der Waals surface area contributed by atoms with Crippen LogP contribution in [0.4, 0.5) is 0 Å². The number of hydrogen-bond acceptors (Lipinski definition) is 8. The molecule has 1 saturated carbocycles. The fourth-order valence-electron chi connectivity index (χ4n) is 4.94. The van der Waals surface area contributed by atoms with Gasteiger partial charge in [-0.1, -0.05) is 12.1 Å². The van der Waals surface area contributed by atoms with Crippen molar-refractivity contribution in [3.05, 3.63) is 53.9 Å². The lowest BCUT2D eigenvalue weighted by molar-refractivity contribution is -0.133. The van der Waals surface area contributed by atoms with Crippen molar-refractivity contribution in [2.45, 2.75) is 31.2 Å². The van der Waals surface area contributed by atoms with E-state index in [0.717, 1.165) is 24.9 Å². The van der Waals surface area contributed by atoms with Gasteiger partial charge in [-0.3, -0.25) is 14.4 Å². The Morgan fingerprint density at radius 1 is 1.14 bits per heavy atom. The van der Waals surface area contributed by atoms with Gasteiger partial charge in [0.2, 0.25) is 17.7 Å². The zero-order chi connectivity index (χ0) is 26.2. The maximum atomic E-state index is 13.0. The molecule has 1 aliphatic heterocycles. The van der Waals surface area contributed by atoms with E-state index in [-0.39, 0.29) is 30.2 Å². The van der Waals surface area contributed by atoms with E-state index < -0.39 is 17.2 Å². The predicted octanol–water partition coefficient (Wildman–Crippen LogP) is 1.36. The number of aromatic nitrogens is 2. The molecule has 2 atom stereocenters. The molecule has 6 N–H and O–H groups in total. The van der Waals surface area contributed by atoms with E-state index in [1.54, 1.807) is 36.4 Å². The Balaban J connectivity index is 1.38. The second-order valence-electron chi connectivity index (χ2n) is 9.38. The van der Waals surface area contributed by atoms with Crippen molar-refractivity contribution in [1.82, 2.24) is 20.6 Å². The van der Waals surface area contributed by atoms with Crippen molar-refractivity contribution in [2.24, 2.45) is 16.9 Å². The minimum Gasteiger partial charge on any atom is -0.496 e. The molecule has 3 amide bonds. The minimum absolute atomic E-state index is 0.257. The van der Waals surface area contributed by atoms with Gasteiger partial charge in [0.15, 0.2) is 0 Å². The summed E-state index contributed by atoms with van der Waals surface area (Å²) in [6, 6.07) is 10.5. The van der Waals surface area contributed by atoms with Gasteiger partial charge in [-0.05, 0) is 49.6 Å². The van der Waals surface area contributed by atoms with E-state index in [1.807, 2.05) is 0 Å². The van der Waals surface area contributed by atoms with E-state index in [2.05, 4.69) is 20.6 Å². The summed E-state index contributed by atoms with van der Waals surface area (Å²) in [7, 11) is 1.50. The first-order valence-corrected chi connectivity index (χ1v) is 12.1. The highest BCUT2D eigenvalue weighted by molar-refractivity contribution is 6.08. The molecule has 2 heterocycles. The van der Waals surface area contributed by atoms with Gasteiger partial charge < -0.3 is 31.6 Å². The molecule has 2 aromatic carbocycles. The number of rotatable bonds is 9. The van der Waals surface area contributed by atoms with Crippen molar-refractivity contribution in [1.29, 1.82) is 0 Å². The molecule has 2 aliphatic rings. The van der Waals surface area contributed by atoms with Crippen LogP contribution in [-0.4, -0.2) is 53.9 Å². The molecule has 1 saturated heterocycles. The van der Waals surface area contributed by atoms with E-state index in [9.17, 15) is 14.4 Å². The lowest BCUT2D eigenvalue weighted by Gasteiger charge is -2.15. The standard InChI is InChI=1S/C26H28N6O5/c1-36-21-10-20-17(9-18(21)22(33)30-12-15-3-2-8-29-15)23(32-13-31-20)37-16-6-4-14(5-7-16)19-11-26(19,24(27)34)25(28)35/h4-7,9-10,13,15,19,29H,2-3,8,11-12H2,1H3,(H2,27,34)(H2,28,35)(H,30,33)/t15-,19?/m0/s1. The number of amides is 3. The summed E-state index contributed by atoms with van der Waals surface area (Å²) in [4.78, 5) is 45.2. The first kappa shape index (κ1) is 24.4. The molecule has 11 heteroatoms. The maximum Gasteiger partial charge on any atom is 0.255 e. The molecule has 0 radical (unpaired) electrons. The first-order valence-electron chi connectivity index (χ1n) is 12.1. The summed E-state index contributed by atoms with van der Waals surface area (Å²) in [6.07, 6.45) is 3.77. The average molecular weight is 505 g/mol. The molecule has 192 valence electrons. The summed E-state index contributed by atoms with van der Waals surface area (Å²) in [5.74, 6) is -0.910. The Kier molecular flexibility index (Phi) is 6.38. The van der Waals surface area contributed by atoms with Crippen molar-refractivity contribution in [3.63, 3.8) is 0 Å². The highest BCUT2D eigenvalue weighted by Gasteiger charge is 2.64. The van der Waals surface area contributed by atoms with Gasteiger partial charge in [-0.2, -0.15) is 0 Å². The highest BCUT2D eigenvalue weighted by atomic mass is 16.5. The number of nitrogens with zero attached hydrogens (tertiary/aromatic N) is 2. The molecule has 11 nitrogen and oxygen atoms in total. The third kappa shape index (κ3) is 4.53. The topological polar surface area (TPSA) is 172 Å². The summed E-state index contributed by atoms with van der Waals surface area (Å²) in [5, 5.41) is 6.86. The van der Waals surface area contributed by atoms with Gasteiger partial charge in [0.05, 0.1) is 23.6 Å². The van der Waals surface area contributed by atoms with Crippen LogP contribution in [0.15, 0.2) is 42.7 Å². The quantitative estimate of drug-likeness (QED) is 0.316. The summed E-state index contributed by atoms with van der Waals surface area (Å²) in [5.41, 5.74) is 11.2. The maximum absolute atomic E-state index is 13.0. The number of primary amides is 2. The molecule has 1 unspecified atom stereocenters. The molecule has 5 rings (SSSR count). The van der Waals surface area contributed by atoms with Gasteiger partial charge in [0, 0.05) is 24.6 Å². The van der Waals surface area contributed by atoms with Gasteiger partial charge in [-0.25, -0.2) is 9.97 Å². The number of nitrogens with one attached hydrogen (secondary N) is 2. The molecule has 1 aromatic heterocycles. The van der Waals surface area contributed by atoms with Crippen molar-refractivity contribution >= 4 is 28.6 Å². The number of fused-ring (bicyclic) bond motifs is 1. The van der Waals surface area contributed by atoms with Crippen molar-refractivity contribution < 1.29 is 23.9 Å². The van der Waals surface area contributed by atoms with E-state index in [1.165, 1.54) is 13.4 Å². The Labute approximate surface area is 212 Å². The number of benzene rings is 2. The lowest BCUT2D eigenvalue weighted by atomic mass is 9.97. The molecule has 37 heavy (non-hydrogen) atoms. The summed E-state index contributed by atoms with van der Waals surface area (Å²) < 4.78 is 11.5. The van der Waals surface area contributed by atoms with Gasteiger partial charge >= 0.3 is 0 Å². The number of hydrogen-bond donors (Lipinski definition) is 4. The Bertz CT molecular complexity index is 1360. The Morgan fingerprint density at radius 2 is 1.89 bits per heavy atom. The zero-order valence-electron chi connectivity index (χ0n) is 20.3. The van der Waals surface area contributed by atoms with Crippen LogP contribution in [0.25, 0.3) is 10.9 Å². The second-order valence-corrected chi connectivity index (χ2v) is 9.38. The number of methoxy groups -OCH3 is 1. The SMILES string of the molecule is COc1cc2ncnc(Oc3ccc(C4CC4(C(N)=O)C(N)=O)cc3)c2cc1C(=O)NC[C@@H]1CCCN1. The van der Waals surface area contributed by atoms with E-state index in [4.69, 9.17) is 20.9 Å². The zero-order valence-corrected chi connectivity index (χ0v) is 20.3.